The molecular formula is C16H21NO. The van der Waals surface area contributed by atoms with E-state index in [1.165, 1.54) is 5.56 Å². The Labute approximate surface area is 110 Å². The molecule has 0 amide bonds. The van der Waals surface area contributed by atoms with Crippen LogP contribution in [0.2, 0.25) is 0 Å². The molecule has 0 radical (unpaired) electrons. The van der Waals surface area contributed by atoms with Gasteiger partial charge in [0, 0.05) is 11.4 Å². The van der Waals surface area contributed by atoms with Crippen molar-refractivity contribution >= 4 is 5.69 Å². The summed E-state index contributed by atoms with van der Waals surface area (Å²) >= 11 is 0. The smallest absolute Gasteiger partial charge is 0.0636 e. The molecule has 0 aromatic heterocycles. The Morgan fingerprint density at radius 2 is 1.94 bits per heavy atom. The van der Waals surface area contributed by atoms with E-state index in [4.69, 9.17) is 0 Å². The van der Waals surface area contributed by atoms with Crippen LogP contribution in [0.15, 0.2) is 61.3 Å². The first-order valence-corrected chi connectivity index (χ1v) is 6.06. The zero-order valence-corrected chi connectivity index (χ0v) is 11.1. The second kappa shape index (κ2) is 6.82. The van der Waals surface area contributed by atoms with Crippen LogP contribution in [-0.2, 0) is 0 Å². The summed E-state index contributed by atoms with van der Waals surface area (Å²) in [6, 6.07) is 8.18. The number of anilines is 1. The molecule has 0 bridgehead atoms. The molecule has 0 saturated heterocycles. The van der Waals surface area contributed by atoms with E-state index < -0.39 is 0 Å². The van der Waals surface area contributed by atoms with E-state index in [-0.39, 0.29) is 12.6 Å². The van der Waals surface area contributed by atoms with Crippen molar-refractivity contribution < 1.29 is 5.11 Å². The highest BCUT2D eigenvalue weighted by atomic mass is 16.3. The lowest BCUT2D eigenvalue weighted by Gasteiger charge is -2.31. The molecule has 0 aliphatic heterocycles. The van der Waals surface area contributed by atoms with Gasteiger partial charge in [-0.3, -0.25) is 0 Å². The van der Waals surface area contributed by atoms with Gasteiger partial charge in [-0.25, -0.2) is 0 Å². The van der Waals surface area contributed by atoms with E-state index >= 15 is 0 Å². The van der Waals surface area contributed by atoms with E-state index in [0.717, 1.165) is 11.4 Å². The van der Waals surface area contributed by atoms with Gasteiger partial charge in [0.2, 0.25) is 0 Å². The van der Waals surface area contributed by atoms with Gasteiger partial charge in [-0.15, -0.1) is 0 Å². The van der Waals surface area contributed by atoms with Crippen molar-refractivity contribution in [2.24, 2.45) is 0 Å². The second-order valence-corrected chi connectivity index (χ2v) is 4.27. The molecular weight excluding hydrogens is 222 g/mol. The molecule has 0 fully saturated rings. The first-order valence-electron chi connectivity index (χ1n) is 6.06. The molecule has 0 saturated carbocycles. The maximum atomic E-state index is 9.40. The zero-order valence-electron chi connectivity index (χ0n) is 11.1. The fourth-order valence-corrected chi connectivity index (χ4v) is 1.81. The SMILES string of the molecule is C=C/C=C(\C=C)N(c1ccc(C)cc1)C(C)CO. The van der Waals surface area contributed by atoms with E-state index in [1.807, 2.05) is 30.0 Å². The summed E-state index contributed by atoms with van der Waals surface area (Å²) in [4.78, 5) is 2.05. The summed E-state index contributed by atoms with van der Waals surface area (Å²) in [5, 5.41) is 9.40. The van der Waals surface area contributed by atoms with Crippen molar-refractivity contribution in [3.05, 3.63) is 66.9 Å². The summed E-state index contributed by atoms with van der Waals surface area (Å²) in [5.74, 6) is 0. The number of aryl methyl sites for hydroxylation is 1. The van der Waals surface area contributed by atoms with Crippen LogP contribution < -0.4 is 4.90 Å². The van der Waals surface area contributed by atoms with Crippen molar-refractivity contribution in [1.29, 1.82) is 0 Å². The summed E-state index contributed by atoms with van der Waals surface area (Å²) in [6.07, 6.45) is 5.38. The van der Waals surface area contributed by atoms with Crippen LogP contribution in [0.3, 0.4) is 0 Å². The Morgan fingerprint density at radius 1 is 1.33 bits per heavy atom. The molecule has 2 heteroatoms. The predicted molar refractivity (Wildman–Crippen MR) is 78.7 cm³/mol. The molecule has 1 atom stereocenters. The molecule has 1 aromatic carbocycles. The van der Waals surface area contributed by atoms with Crippen molar-refractivity contribution in [1.82, 2.24) is 0 Å². The van der Waals surface area contributed by atoms with Gasteiger partial charge < -0.3 is 10.0 Å². The molecule has 0 spiro atoms. The number of aliphatic hydroxyl groups excluding tert-OH is 1. The quantitative estimate of drug-likeness (QED) is 0.774. The molecule has 1 rings (SSSR count). The highest BCUT2D eigenvalue weighted by Gasteiger charge is 2.15. The highest BCUT2D eigenvalue weighted by Crippen LogP contribution is 2.23. The molecule has 0 heterocycles. The minimum absolute atomic E-state index is 0.0168. The monoisotopic (exact) mass is 243 g/mol. The third-order valence-corrected chi connectivity index (χ3v) is 2.79. The number of hydrogen-bond donors (Lipinski definition) is 1. The van der Waals surface area contributed by atoms with Gasteiger partial charge in [-0.2, -0.15) is 0 Å². The van der Waals surface area contributed by atoms with E-state index in [0.29, 0.717) is 0 Å². The molecule has 2 nitrogen and oxygen atoms in total. The van der Waals surface area contributed by atoms with Crippen LogP contribution in [0.5, 0.6) is 0 Å². The summed E-state index contributed by atoms with van der Waals surface area (Å²) in [7, 11) is 0. The average molecular weight is 243 g/mol. The van der Waals surface area contributed by atoms with Gasteiger partial charge in [0.15, 0.2) is 0 Å². The number of hydrogen-bond acceptors (Lipinski definition) is 2. The number of benzene rings is 1. The highest BCUT2D eigenvalue weighted by molar-refractivity contribution is 5.56. The van der Waals surface area contributed by atoms with Crippen molar-refractivity contribution in [2.75, 3.05) is 11.5 Å². The lowest BCUT2D eigenvalue weighted by molar-refractivity contribution is 0.271. The molecule has 0 aliphatic rings. The minimum atomic E-state index is -0.0168. The maximum Gasteiger partial charge on any atom is 0.0636 e. The fourth-order valence-electron chi connectivity index (χ4n) is 1.81. The van der Waals surface area contributed by atoms with E-state index in [9.17, 15) is 5.11 Å². The van der Waals surface area contributed by atoms with Crippen LogP contribution in [0.25, 0.3) is 0 Å². The Bertz CT molecular complexity index is 431. The number of rotatable bonds is 6. The molecule has 96 valence electrons. The van der Waals surface area contributed by atoms with Crippen molar-refractivity contribution in [2.45, 2.75) is 19.9 Å². The minimum Gasteiger partial charge on any atom is -0.394 e. The molecule has 1 aromatic rings. The molecule has 1 N–H and O–H groups in total. The molecule has 18 heavy (non-hydrogen) atoms. The number of aliphatic hydroxyl groups is 1. The van der Waals surface area contributed by atoms with E-state index in [2.05, 4.69) is 32.2 Å². The topological polar surface area (TPSA) is 23.5 Å². The molecule has 1 unspecified atom stereocenters. The lowest BCUT2D eigenvalue weighted by Crippen LogP contribution is -2.34. The van der Waals surface area contributed by atoms with Crippen LogP contribution >= 0.6 is 0 Å². The van der Waals surface area contributed by atoms with Gasteiger partial charge >= 0.3 is 0 Å². The number of nitrogens with zero attached hydrogens (tertiary/aromatic N) is 1. The lowest BCUT2D eigenvalue weighted by atomic mass is 10.1. The summed E-state index contributed by atoms with van der Waals surface area (Å²) < 4.78 is 0. The predicted octanol–water partition coefficient (Wildman–Crippen LogP) is 3.44. The van der Waals surface area contributed by atoms with Crippen molar-refractivity contribution in [3.63, 3.8) is 0 Å². The second-order valence-electron chi connectivity index (χ2n) is 4.27. The Kier molecular flexibility index (Phi) is 5.40. The van der Waals surface area contributed by atoms with Crippen molar-refractivity contribution in [3.8, 4) is 0 Å². The third kappa shape index (κ3) is 3.34. The summed E-state index contributed by atoms with van der Waals surface area (Å²) in [6.45, 7) is 11.6. The average Bonchev–Trinajstić information content (AvgIpc) is 2.39. The third-order valence-electron chi connectivity index (χ3n) is 2.79. The summed E-state index contributed by atoms with van der Waals surface area (Å²) in [5.41, 5.74) is 3.17. The van der Waals surface area contributed by atoms with Crippen LogP contribution in [0.1, 0.15) is 12.5 Å². The maximum absolute atomic E-state index is 9.40. The van der Waals surface area contributed by atoms with E-state index in [1.54, 1.807) is 12.2 Å². The fraction of sp³-hybridized carbons (Fsp3) is 0.250. The first kappa shape index (κ1) is 14.3. The Morgan fingerprint density at radius 3 is 2.39 bits per heavy atom. The standard InChI is InChI=1S/C16H21NO/c1-5-7-15(6-2)17(14(4)12-18)16-10-8-13(3)9-11-16/h5-11,14,18H,1-2,12H2,3-4H3/b15-7+. The van der Waals surface area contributed by atoms with Crippen LogP contribution in [0.4, 0.5) is 5.69 Å². The number of allylic oxidation sites excluding steroid dienone is 3. The Hall–Kier alpha value is -1.80. The normalized spacial score (nSPS) is 12.9. The van der Waals surface area contributed by atoms with Gasteiger partial charge in [-0.1, -0.05) is 36.9 Å². The van der Waals surface area contributed by atoms with Crippen LogP contribution in [-0.4, -0.2) is 17.8 Å². The van der Waals surface area contributed by atoms with Gasteiger partial charge in [0.05, 0.1) is 12.6 Å². The van der Waals surface area contributed by atoms with Gasteiger partial charge in [0.1, 0.15) is 0 Å². The Balaban J connectivity index is 3.20. The van der Waals surface area contributed by atoms with Gasteiger partial charge in [0.25, 0.3) is 0 Å². The molecule has 0 aliphatic carbocycles. The van der Waals surface area contributed by atoms with Crippen LogP contribution in [0, 0.1) is 6.92 Å². The van der Waals surface area contributed by atoms with Gasteiger partial charge in [-0.05, 0) is 38.1 Å². The largest absolute Gasteiger partial charge is 0.394 e. The zero-order chi connectivity index (χ0) is 13.5. The first-order chi connectivity index (χ1) is 8.63.